The van der Waals surface area contributed by atoms with Crippen molar-refractivity contribution in [3.8, 4) is 0 Å². The third kappa shape index (κ3) is 3.97. The lowest BCUT2D eigenvalue weighted by Crippen LogP contribution is -2.14. The summed E-state index contributed by atoms with van der Waals surface area (Å²) in [5.74, 6) is -0.751. The first kappa shape index (κ1) is 16.1. The molecule has 2 N–H and O–H groups in total. The molecule has 0 aliphatic heterocycles. The molecule has 2 aromatic carbocycles. The first-order valence-corrected chi connectivity index (χ1v) is 7.95. The van der Waals surface area contributed by atoms with Crippen LogP contribution in [0.1, 0.15) is 10.4 Å². The van der Waals surface area contributed by atoms with Gasteiger partial charge < -0.3 is 10.6 Å². The molecule has 0 aliphatic carbocycles. The number of aromatic nitrogens is 1. The molecule has 0 unspecified atom stereocenters. The molecule has 0 atom stereocenters. The van der Waals surface area contributed by atoms with Gasteiger partial charge >= 0.3 is 0 Å². The number of carbonyl (C=O) groups excluding carboxylic acids is 1. The van der Waals surface area contributed by atoms with E-state index in [0.717, 1.165) is 15.8 Å². The molecule has 4 nitrogen and oxygen atoms in total. The van der Waals surface area contributed by atoms with E-state index in [0.29, 0.717) is 5.82 Å². The van der Waals surface area contributed by atoms with E-state index >= 15 is 0 Å². The van der Waals surface area contributed by atoms with Gasteiger partial charge in [-0.25, -0.2) is 9.37 Å². The zero-order chi connectivity index (χ0) is 16.9. The van der Waals surface area contributed by atoms with E-state index in [9.17, 15) is 9.18 Å². The van der Waals surface area contributed by atoms with Crippen molar-refractivity contribution in [3.05, 3.63) is 82.7 Å². The number of nitrogens with one attached hydrogen (secondary N) is 2. The second kappa shape index (κ2) is 7.23. The summed E-state index contributed by atoms with van der Waals surface area (Å²) >= 11 is 3.41. The quantitative estimate of drug-likeness (QED) is 0.665. The summed E-state index contributed by atoms with van der Waals surface area (Å²) in [6.07, 6.45) is 1.60. The summed E-state index contributed by atoms with van der Waals surface area (Å²) in [4.78, 5) is 16.2. The summed E-state index contributed by atoms with van der Waals surface area (Å²) in [5, 5.41) is 5.77. The second-order valence-corrected chi connectivity index (χ2v) is 5.92. The summed E-state index contributed by atoms with van der Waals surface area (Å²) in [6.45, 7) is 0. The van der Waals surface area contributed by atoms with Crippen LogP contribution in [-0.2, 0) is 0 Å². The Morgan fingerprint density at radius 3 is 2.54 bits per heavy atom. The predicted molar refractivity (Wildman–Crippen MR) is 96.0 cm³/mol. The molecule has 0 radical (unpaired) electrons. The molecule has 24 heavy (non-hydrogen) atoms. The molecule has 0 bridgehead atoms. The van der Waals surface area contributed by atoms with Gasteiger partial charge in [0.25, 0.3) is 5.91 Å². The van der Waals surface area contributed by atoms with Crippen molar-refractivity contribution in [1.29, 1.82) is 0 Å². The van der Waals surface area contributed by atoms with Crippen LogP contribution in [0.2, 0.25) is 0 Å². The van der Waals surface area contributed by atoms with Gasteiger partial charge in [0.15, 0.2) is 0 Å². The smallest absolute Gasteiger partial charge is 0.259 e. The maximum absolute atomic E-state index is 13.6. The lowest BCUT2D eigenvalue weighted by Gasteiger charge is -2.08. The highest BCUT2D eigenvalue weighted by Crippen LogP contribution is 2.21. The molecule has 3 aromatic rings. The molecule has 0 spiro atoms. The van der Waals surface area contributed by atoms with Crippen molar-refractivity contribution in [3.63, 3.8) is 0 Å². The molecule has 0 aliphatic rings. The standard InChI is InChI=1S/C18H13BrFN3O/c19-12-4-3-5-13(10-12)22-14-8-9-17(21-11-14)23-18(24)15-6-1-2-7-16(15)20/h1-11,22H,(H,21,23,24). The van der Waals surface area contributed by atoms with E-state index in [1.807, 2.05) is 24.3 Å². The number of amides is 1. The zero-order valence-electron chi connectivity index (χ0n) is 12.5. The Balaban J connectivity index is 1.68. The van der Waals surface area contributed by atoms with E-state index in [1.54, 1.807) is 24.4 Å². The molecule has 6 heteroatoms. The average Bonchev–Trinajstić information content (AvgIpc) is 2.57. The fourth-order valence-electron chi connectivity index (χ4n) is 2.10. The third-order valence-corrected chi connectivity index (χ3v) is 3.73. The van der Waals surface area contributed by atoms with Gasteiger partial charge in [-0.2, -0.15) is 0 Å². The van der Waals surface area contributed by atoms with Crippen molar-refractivity contribution < 1.29 is 9.18 Å². The van der Waals surface area contributed by atoms with E-state index in [1.165, 1.54) is 18.2 Å². The number of nitrogens with zero attached hydrogens (tertiary/aromatic N) is 1. The van der Waals surface area contributed by atoms with Gasteiger partial charge in [-0.15, -0.1) is 0 Å². The van der Waals surface area contributed by atoms with Crippen LogP contribution in [0.4, 0.5) is 21.6 Å². The number of hydrogen-bond acceptors (Lipinski definition) is 3. The highest BCUT2D eigenvalue weighted by atomic mass is 79.9. The molecule has 120 valence electrons. The van der Waals surface area contributed by atoms with Crippen LogP contribution < -0.4 is 10.6 Å². The summed E-state index contributed by atoms with van der Waals surface area (Å²) < 4.78 is 14.6. The van der Waals surface area contributed by atoms with Gasteiger partial charge in [0.1, 0.15) is 11.6 Å². The van der Waals surface area contributed by atoms with E-state index in [2.05, 4.69) is 31.5 Å². The average molecular weight is 386 g/mol. The number of benzene rings is 2. The Kier molecular flexibility index (Phi) is 4.86. The number of anilines is 3. The number of hydrogen-bond donors (Lipinski definition) is 2. The number of halogens is 2. The number of carbonyl (C=O) groups is 1. The molecule has 1 aromatic heterocycles. The highest BCUT2D eigenvalue weighted by molar-refractivity contribution is 9.10. The third-order valence-electron chi connectivity index (χ3n) is 3.24. The van der Waals surface area contributed by atoms with Gasteiger partial charge in [-0.05, 0) is 42.5 Å². The fraction of sp³-hybridized carbons (Fsp3) is 0. The van der Waals surface area contributed by atoms with Crippen LogP contribution in [0.5, 0.6) is 0 Å². The lowest BCUT2D eigenvalue weighted by molar-refractivity contribution is 0.102. The highest BCUT2D eigenvalue weighted by Gasteiger charge is 2.11. The molecule has 0 fully saturated rings. The van der Waals surface area contributed by atoms with Crippen LogP contribution in [0.15, 0.2) is 71.3 Å². The van der Waals surface area contributed by atoms with Crippen LogP contribution in [0.3, 0.4) is 0 Å². The molecular weight excluding hydrogens is 373 g/mol. The van der Waals surface area contributed by atoms with Crippen LogP contribution in [-0.4, -0.2) is 10.9 Å². The minimum absolute atomic E-state index is 0.0179. The fourth-order valence-corrected chi connectivity index (χ4v) is 2.50. The first-order chi connectivity index (χ1) is 11.6. The first-order valence-electron chi connectivity index (χ1n) is 7.16. The van der Waals surface area contributed by atoms with E-state index < -0.39 is 11.7 Å². The number of pyridine rings is 1. The van der Waals surface area contributed by atoms with Crippen molar-refractivity contribution in [2.24, 2.45) is 0 Å². The normalized spacial score (nSPS) is 10.2. The SMILES string of the molecule is O=C(Nc1ccc(Nc2cccc(Br)c2)cn1)c1ccccc1F. The molecule has 3 rings (SSSR count). The van der Waals surface area contributed by atoms with Crippen LogP contribution in [0, 0.1) is 5.82 Å². The topological polar surface area (TPSA) is 54.0 Å². The van der Waals surface area contributed by atoms with Crippen LogP contribution in [0.25, 0.3) is 0 Å². The Morgan fingerprint density at radius 2 is 1.83 bits per heavy atom. The van der Waals surface area contributed by atoms with Gasteiger partial charge in [0, 0.05) is 10.2 Å². The van der Waals surface area contributed by atoms with E-state index in [-0.39, 0.29) is 5.56 Å². The van der Waals surface area contributed by atoms with Gasteiger partial charge in [-0.3, -0.25) is 4.79 Å². The van der Waals surface area contributed by atoms with Crippen molar-refractivity contribution in [2.75, 3.05) is 10.6 Å². The maximum atomic E-state index is 13.6. The van der Waals surface area contributed by atoms with Crippen molar-refractivity contribution in [2.45, 2.75) is 0 Å². The molecule has 0 saturated carbocycles. The molecule has 1 amide bonds. The van der Waals surface area contributed by atoms with Crippen LogP contribution >= 0.6 is 15.9 Å². The van der Waals surface area contributed by atoms with Gasteiger partial charge in [0.2, 0.25) is 0 Å². The Labute approximate surface area is 146 Å². The minimum Gasteiger partial charge on any atom is -0.354 e. The lowest BCUT2D eigenvalue weighted by atomic mass is 10.2. The minimum atomic E-state index is -0.567. The van der Waals surface area contributed by atoms with Gasteiger partial charge in [-0.1, -0.05) is 34.1 Å². The van der Waals surface area contributed by atoms with Crippen molar-refractivity contribution in [1.82, 2.24) is 4.98 Å². The monoisotopic (exact) mass is 385 g/mol. The predicted octanol–water partition coefficient (Wildman–Crippen LogP) is 4.98. The summed E-state index contributed by atoms with van der Waals surface area (Å²) in [7, 11) is 0. The van der Waals surface area contributed by atoms with E-state index in [4.69, 9.17) is 0 Å². The Morgan fingerprint density at radius 1 is 1.00 bits per heavy atom. The molecule has 1 heterocycles. The Hall–Kier alpha value is -2.73. The maximum Gasteiger partial charge on any atom is 0.259 e. The molecule has 0 saturated heterocycles. The largest absolute Gasteiger partial charge is 0.354 e. The van der Waals surface area contributed by atoms with Gasteiger partial charge in [0.05, 0.1) is 17.4 Å². The van der Waals surface area contributed by atoms with Crippen molar-refractivity contribution >= 4 is 39.0 Å². The molecular formula is C18H13BrFN3O. The Bertz CT molecular complexity index is 868. The summed E-state index contributed by atoms with van der Waals surface area (Å²) in [6, 6.07) is 17.0. The second-order valence-electron chi connectivity index (χ2n) is 5.00. The summed E-state index contributed by atoms with van der Waals surface area (Å²) in [5.41, 5.74) is 1.67. The zero-order valence-corrected chi connectivity index (χ0v) is 14.0. The number of rotatable bonds is 4.